The molecule has 0 aromatic rings. The van der Waals surface area contributed by atoms with E-state index in [0.29, 0.717) is 13.2 Å². The molecule has 0 aromatic heterocycles. The van der Waals surface area contributed by atoms with Crippen LogP contribution in [0, 0.1) is 0 Å². The van der Waals surface area contributed by atoms with Crippen LogP contribution in [0.1, 0.15) is 225 Å². The van der Waals surface area contributed by atoms with Gasteiger partial charge in [0.25, 0.3) is 0 Å². The Hall–Kier alpha value is 1.09. The van der Waals surface area contributed by atoms with Crippen LogP contribution in [0.3, 0.4) is 0 Å². The Kier molecular flexibility index (Phi) is 20.1. The van der Waals surface area contributed by atoms with Gasteiger partial charge in [0, 0.05) is 38.8 Å². The monoisotopic (exact) mass is 1270 g/mol. The highest BCUT2D eigenvalue weighted by Gasteiger charge is 2.84. The van der Waals surface area contributed by atoms with E-state index in [4.69, 9.17) is 58.2 Å². The molecule has 7 saturated carbocycles. The van der Waals surface area contributed by atoms with Crippen LogP contribution < -0.4 is 0 Å². The lowest BCUT2D eigenvalue weighted by atomic mass is 10.0. The van der Waals surface area contributed by atoms with Crippen LogP contribution in [0.5, 0.6) is 0 Å². The second kappa shape index (κ2) is 25.7. The largest absolute Gasteiger partial charge is 0.482 e. The van der Waals surface area contributed by atoms with Crippen molar-refractivity contribution in [3.63, 3.8) is 0 Å². The molecule has 14 nitrogen and oxygen atoms in total. The predicted octanol–water partition coefficient (Wildman–Crippen LogP) is 16.5. The van der Waals surface area contributed by atoms with Crippen LogP contribution in [0.15, 0.2) is 24.8 Å². The van der Waals surface area contributed by atoms with Crippen molar-refractivity contribution in [2.75, 3.05) is 13.2 Å². The minimum atomic E-state index is -4.29. The first-order valence-corrected chi connectivity index (χ1v) is 54.3. The minimum Gasteiger partial charge on any atom is -0.416 e. The van der Waals surface area contributed by atoms with Gasteiger partial charge in [0.05, 0.1) is 13.2 Å². The van der Waals surface area contributed by atoms with Gasteiger partial charge in [-0.05, 0) is 135 Å². The van der Waals surface area contributed by atoms with Gasteiger partial charge in [-0.3, -0.25) is 0 Å². The first kappa shape index (κ1) is 61.7. The highest BCUT2D eigenvalue weighted by atomic mass is 28.6. The number of rotatable bonds is 11. The smallest absolute Gasteiger partial charge is 0.416 e. The molecule has 11 aliphatic rings. The van der Waals surface area contributed by atoms with Crippen LogP contribution >= 0.6 is 0 Å². The summed E-state index contributed by atoms with van der Waals surface area (Å²) in [5, 5.41) is 0. The molecule has 79 heavy (non-hydrogen) atoms. The van der Waals surface area contributed by atoms with Crippen LogP contribution in [-0.4, -0.2) is 100 Å². The zero-order valence-corrected chi connectivity index (χ0v) is 60.1. The van der Waals surface area contributed by atoms with Crippen LogP contribution in [0.25, 0.3) is 0 Å². The Bertz CT molecular complexity index is 1950. The van der Waals surface area contributed by atoms with Gasteiger partial charge in [-0.25, -0.2) is 0 Å². The summed E-state index contributed by atoms with van der Waals surface area (Å²) in [6, 6.07) is 0.752. The summed E-state index contributed by atoms with van der Waals surface area (Å²) in [6.07, 6.45) is 42.5. The Morgan fingerprint density at radius 1 is 0.354 bits per heavy atom. The molecule has 11 rings (SSSR count). The van der Waals surface area contributed by atoms with Crippen molar-refractivity contribution in [1.29, 1.82) is 0 Å². The summed E-state index contributed by atoms with van der Waals surface area (Å²) in [6.45, 7) is 18.8. The van der Waals surface area contributed by atoms with Crippen molar-refractivity contribution < 1.29 is 58.2 Å². The Morgan fingerprint density at radius 2 is 0.582 bits per heavy atom. The van der Waals surface area contributed by atoms with E-state index in [0.717, 1.165) is 186 Å². The summed E-state index contributed by atoms with van der Waals surface area (Å²) in [5.74, 6) is 0. The number of fused-ring (bicyclic) bond motifs is 4. The van der Waals surface area contributed by atoms with Crippen LogP contribution in [-0.2, 0) is 58.2 Å². The maximum Gasteiger partial charge on any atom is 0.482 e. The van der Waals surface area contributed by atoms with E-state index < -0.39 is 87.1 Å². The molecule has 3 saturated heterocycles. The fourth-order valence-corrected chi connectivity index (χ4v) is 74.8. The lowest BCUT2D eigenvalue weighted by Gasteiger charge is -2.64. The SMILES string of the molecule is C=CC[Si](C)(C)O[Si]1(C2CCCCC2)O[Si]2(C3CCCCC3)O[Si]3(C4CCCCC4)O[Si](C)(C)OCC=CCO[Si](C)(C)O[Si]4(C5CCCCC5)O[Si](C5CCCCC5)(O1)O[Si](C1CCCCC1)(O2)O[Si](C1CCCCC1)(O3)O4. The molecular weight excluding hydrogens is 1170 g/mol. The van der Waals surface area contributed by atoms with E-state index in [2.05, 4.69) is 64.1 Å². The van der Waals surface area contributed by atoms with Gasteiger partial charge in [0.15, 0.2) is 8.32 Å². The lowest BCUT2D eigenvalue weighted by molar-refractivity contribution is -0.0165. The van der Waals surface area contributed by atoms with Crippen LogP contribution in [0.4, 0.5) is 0 Å². The standard InChI is InChI=1S/C55H106O14Si10/c1-8-48-70(2,3)58-73(49-32-16-9-17-33-49)61-76(52-38-22-12-23-39-52)63-74(50-34-18-10-19-35-50)59-71(4,5)56-46-30-31-47-57-72(6,7)60-75(51-36-20-11-21-37-51)64-77(62-73,53-40-24-13-25-41-53)68-79(67-76,55-44-28-15-29-45-55)69-78(65-74,66-75)54-42-26-14-27-43-54/h8,30-31,49-55H,1,9-29,32-48H2,2-7H3. The van der Waals surface area contributed by atoms with Gasteiger partial charge in [0.1, 0.15) is 0 Å². The molecule has 450 valence electrons. The van der Waals surface area contributed by atoms with Gasteiger partial charge >= 0.3 is 78.8 Å². The zero-order chi connectivity index (χ0) is 54.9. The molecule has 0 spiro atoms. The van der Waals surface area contributed by atoms with Crippen LogP contribution in [0.2, 0.25) is 84.1 Å². The van der Waals surface area contributed by atoms with E-state index >= 15 is 0 Å². The summed E-state index contributed by atoms with van der Waals surface area (Å²) >= 11 is 0. The van der Waals surface area contributed by atoms with Gasteiger partial charge in [-0.15, -0.1) is 6.58 Å². The maximum absolute atomic E-state index is 9.03. The number of hydrogen-bond acceptors (Lipinski definition) is 14. The van der Waals surface area contributed by atoms with E-state index in [1.807, 2.05) is 0 Å². The summed E-state index contributed by atoms with van der Waals surface area (Å²) in [7, 11) is -38.7. The molecule has 24 heteroatoms. The van der Waals surface area contributed by atoms with E-state index in [1.54, 1.807) is 0 Å². The van der Waals surface area contributed by atoms with E-state index in [1.165, 1.54) is 44.9 Å². The topological polar surface area (TPSA) is 129 Å². The Balaban J connectivity index is 1.30. The molecule has 4 unspecified atom stereocenters. The van der Waals surface area contributed by atoms with Gasteiger partial charge < -0.3 is 58.2 Å². The third-order valence-corrected chi connectivity index (χ3v) is 64.4. The maximum atomic E-state index is 9.03. The fraction of sp³-hybridized carbons (Fsp3) is 0.927. The van der Waals surface area contributed by atoms with Gasteiger partial charge in [-0.2, -0.15) is 0 Å². The predicted molar refractivity (Wildman–Crippen MR) is 330 cm³/mol. The molecule has 4 atom stereocenters. The van der Waals surface area contributed by atoms with Gasteiger partial charge in [-0.1, -0.05) is 153 Å². The average molecular weight is 1270 g/mol. The first-order chi connectivity index (χ1) is 38.0. The Labute approximate surface area is 489 Å². The van der Waals surface area contributed by atoms with E-state index in [-0.39, 0.29) is 38.8 Å². The summed E-state index contributed by atoms with van der Waals surface area (Å²) in [4.78, 5) is 0. The second-order valence-electron chi connectivity index (χ2n) is 27.9. The van der Waals surface area contributed by atoms with E-state index in [9.17, 15) is 0 Å². The molecular formula is C55H106O14Si10. The van der Waals surface area contributed by atoms with Crippen molar-refractivity contribution in [3.05, 3.63) is 24.8 Å². The van der Waals surface area contributed by atoms with Crippen molar-refractivity contribution in [2.24, 2.45) is 0 Å². The molecule has 6 bridgehead atoms. The van der Waals surface area contributed by atoms with Crippen molar-refractivity contribution in [3.8, 4) is 0 Å². The first-order valence-electron chi connectivity index (χ1n) is 32.9. The third kappa shape index (κ3) is 13.6. The highest BCUT2D eigenvalue weighted by molar-refractivity contribution is 7.02. The van der Waals surface area contributed by atoms with Crippen molar-refractivity contribution >= 4 is 87.1 Å². The minimum absolute atomic E-state index is 0.0156. The Morgan fingerprint density at radius 3 is 0.835 bits per heavy atom. The average Bonchev–Trinajstić information content (AvgIpc) is 2.57. The van der Waals surface area contributed by atoms with Crippen molar-refractivity contribution in [2.45, 2.75) is 309 Å². The highest BCUT2D eigenvalue weighted by Crippen LogP contribution is 2.63. The summed E-state index contributed by atoms with van der Waals surface area (Å²) < 4.78 is 120. The third-order valence-electron chi connectivity index (χ3n) is 20.3. The molecule has 4 aliphatic heterocycles. The molecule has 10 fully saturated rings. The second-order valence-corrected chi connectivity index (χ2v) is 62.0. The normalized spacial score (nSPS) is 41.1. The molecule has 7 aliphatic carbocycles. The molecule has 0 aromatic carbocycles. The summed E-state index contributed by atoms with van der Waals surface area (Å²) in [5.41, 5.74) is -0.337. The van der Waals surface area contributed by atoms with Gasteiger partial charge in [0.2, 0.25) is 0 Å². The quantitative estimate of drug-likeness (QED) is 0.144. The molecule has 0 radical (unpaired) electrons. The molecule has 0 N–H and O–H groups in total. The fourth-order valence-electron chi connectivity index (χ4n) is 16.3. The zero-order valence-electron chi connectivity index (χ0n) is 50.1. The lowest BCUT2D eigenvalue weighted by Crippen LogP contribution is -2.87. The number of hydrogen-bond donors (Lipinski definition) is 0. The van der Waals surface area contributed by atoms with Crippen molar-refractivity contribution in [1.82, 2.24) is 0 Å². The molecule has 4 heterocycles. The molecule has 0 amide bonds. The number of allylic oxidation sites excluding steroid dienone is 1.